The molecule has 0 radical (unpaired) electrons. The highest BCUT2D eigenvalue weighted by Crippen LogP contribution is 2.27. The molecule has 84 valence electrons. The molecule has 15 heavy (non-hydrogen) atoms. The first-order valence-corrected chi connectivity index (χ1v) is 6.50. The van der Waals surface area contributed by atoms with Crippen LogP contribution >= 0.6 is 23.4 Å². The largest absolute Gasteiger partial charge is 0.226 e. The van der Waals surface area contributed by atoms with E-state index in [1.54, 1.807) is 11.8 Å². The molecule has 0 amide bonds. The third-order valence-electron chi connectivity index (χ3n) is 1.91. The van der Waals surface area contributed by atoms with Crippen molar-refractivity contribution in [2.45, 2.75) is 50.8 Å². The average Bonchev–Trinajstić information content (AvgIpc) is 2.13. The molecular weight excluding hydrogens is 228 g/mol. The van der Waals surface area contributed by atoms with Gasteiger partial charge in [0, 0.05) is 17.2 Å². The van der Waals surface area contributed by atoms with Gasteiger partial charge in [-0.15, -0.1) is 11.8 Å². The molecule has 0 aliphatic heterocycles. The highest BCUT2D eigenvalue weighted by Gasteiger charge is 2.10. The summed E-state index contributed by atoms with van der Waals surface area (Å²) >= 11 is 7.82. The molecule has 0 unspecified atom stereocenters. The van der Waals surface area contributed by atoms with E-state index in [9.17, 15) is 0 Å². The number of aromatic nitrogens is 2. The van der Waals surface area contributed by atoms with Crippen LogP contribution in [0.2, 0.25) is 5.15 Å². The molecule has 0 aliphatic carbocycles. The van der Waals surface area contributed by atoms with E-state index in [4.69, 9.17) is 11.6 Å². The second-order valence-electron chi connectivity index (χ2n) is 3.78. The molecule has 2 nitrogen and oxygen atoms in total. The van der Waals surface area contributed by atoms with Gasteiger partial charge in [-0.2, -0.15) is 0 Å². The Hall–Kier alpha value is -0.280. The average molecular weight is 245 g/mol. The summed E-state index contributed by atoms with van der Waals surface area (Å²) in [7, 11) is 0. The van der Waals surface area contributed by atoms with Gasteiger partial charge in [0.15, 0.2) is 0 Å². The van der Waals surface area contributed by atoms with Crippen LogP contribution in [0.15, 0.2) is 5.03 Å². The Labute approximate surface area is 101 Å². The summed E-state index contributed by atoms with van der Waals surface area (Å²) < 4.78 is 0. The second-order valence-corrected chi connectivity index (χ2v) is 5.70. The zero-order valence-electron chi connectivity index (χ0n) is 9.67. The van der Waals surface area contributed by atoms with Crippen molar-refractivity contribution in [1.82, 2.24) is 9.97 Å². The van der Waals surface area contributed by atoms with Crippen LogP contribution < -0.4 is 0 Å². The molecule has 0 N–H and O–H groups in total. The van der Waals surface area contributed by atoms with Gasteiger partial charge in [0.05, 0.1) is 0 Å². The maximum Gasteiger partial charge on any atom is 0.136 e. The summed E-state index contributed by atoms with van der Waals surface area (Å²) in [5.41, 5.74) is 0.996. The van der Waals surface area contributed by atoms with Crippen molar-refractivity contribution in [3.8, 4) is 0 Å². The third kappa shape index (κ3) is 3.65. The van der Waals surface area contributed by atoms with Crippen LogP contribution in [0.3, 0.4) is 0 Å². The lowest BCUT2D eigenvalue weighted by atomic mass is 10.3. The van der Waals surface area contributed by atoms with Crippen molar-refractivity contribution in [3.63, 3.8) is 0 Å². The van der Waals surface area contributed by atoms with Crippen LogP contribution in [0.4, 0.5) is 0 Å². The van der Waals surface area contributed by atoms with E-state index in [1.165, 1.54) is 0 Å². The monoisotopic (exact) mass is 244 g/mol. The van der Waals surface area contributed by atoms with Crippen LogP contribution in [0.1, 0.15) is 38.6 Å². The molecule has 4 heteroatoms. The minimum atomic E-state index is 0.518. The Bertz CT molecular complexity index is 340. The minimum absolute atomic E-state index is 0.518. The number of rotatable bonds is 4. The number of halogens is 1. The molecule has 0 fully saturated rings. The highest BCUT2D eigenvalue weighted by atomic mass is 35.5. The smallest absolute Gasteiger partial charge is 0.136 e. The Morgan fingerprint density at radius 3 is 2.53 bits per heavy atom. The molecule has 1 aromatic heterocycles. The van der Waals surface area contributed by atoms with E-state index >= 15 is 0 Å². The van der Waals surface area contributed by atoms with Gasteiger partial charge >= 0.3 is 0 Å². The minimum Gasteiger partial charge on any atom is -0.226 e. The topological polar surface area (TPSA) is 25.8 Å². The summed E-state index contributed by atoms with van der Waals surface area (Å²) in [4.78, 5) is 8.80. The normalized spacial score (nSPS) is 11.1. The van der Waals surface area contributed by atoms with E-state index in [1.807, 2.05) is 6.92 Å². The first-order valence-electron chi connectivity index (χ1n) is 5.24. The lowest BCUT2D eigenvalue weighted by Crippen LogP contribution is -2.01. The summed E-state index contributed by atoms with van der Waals surface area (Å²) in [6, 6.07) is 0. The lowest BCUT2D eigenvalue weighted by molar-refractivity contribution is 0.800. The SMILES string of the molecule is CCCc1nc(Cl)c(C)c(SC(C)C)n1. The maximum atomic E-state index is 6.07. The molecule has 1 heterocycles. The van der Waals surface area contributed by atoms with Gasteiger partial charge in [0.2, 0.25) is 0 Å². The summed E-state index contributed by atoms with van der Waals surface area (Å²) in [6.07, 6.45) is 1.94. The number of hydrogen-bond donors (Lipinski definition) is 0. The number of hydrogen-bond acceptors (Lipinski definition) is 3. The lowest BCUT2D eigenvalue weighted by Gasteiger charge is -2.10. The van der Waals surface area contributed by atoms with E-state index in [0.717, 1.165) is 29.3 Å². The Kier molecular flexibility index (Phi) is 4.87. The Morgan fingerprint density at radius 1 is 1.33 bits per heavy atom. The number of thioether (sulfide) groups is 1. The van der Waals surface area contributed by atoms with Gasteiger partial charge in [-0.1, -0.05) is 32.4 Å². The van der Waals surface area contributed by atoms with E-state index in [-0.39, 0.29) is 0 Å². The molecule has 0 aliphatic rings. The van der Waals surface area contributed by atoms with Crippen LogP contribution in [0.5, 0.6) is 0 Å². The third-order valence-corrected chi connectivity index (χ3v) is 3.37. The number of nitrogens with zero attached hydrogens (tertiary/aromatic N) is 2. The molecule has 0 saturated carbocycles. The molecular formula is C11H17ClN2S. The fraction of sp³-hybridized carbons (Fsp3) is 0.636. The van der Waals surface area contributed by atoms with Crippen molar-refractivity contribution in [2.24, 2.45) is 0 Å². The van der Waals surface area contributed by atoms with Gasteiger partial charge in [0.25, 0.3) is 0 Å². The predicted molar refractivity (Wildman–Crippen MR) is 66.8 cm³/mol. The van der Waals surface area contributed by atoms with Crippen molar-refractivity contribution in [1.29, 1.82) is 0 Å². The van der Waals surface area contributed by atoms with E-state index in [2.05, 4.69) is 30.7 Å². The molecule has 1 rings (SSSR count). The fourth-order valence-electron chi connectivity index (χ4n) is 1.18. The summed E-state index contributed by atoms with van der Waals surface area (Å²) in [5.74, 6) is 0.858. The van der Waals surface area contributed by atoms with Crippen molar-refractivity contribution in [2.75, 3.05) is 0 Å². The molecule has 0 aromatic carbocycles. The fourth-order valence-corrected chi connectivity index (χ4v) is 2.31. The van der Waals surface area contributed by atoms with E-state index < -0.39 is 0 Å². The predicted octanol–water partition coefficient (Wildman–Crippen LogP) is 3.89. The number of aryl methyl sites for hydroxylation is 1. The van der Waals surface area contributed by atoms with Crippen molar-refractivity contribution >= 4 is 23.4 Å². The molecule has 0 spiro atoms. The van der Waals surface area contributed by atoms with Crippen LogP contribution in [-0.2, 0) is 6.42 Å². The van der Waals surface area contributed by atoms with Gasteiger partial charge in [-0.05, 0) is 13.3 Å². The van der Waals surface area contributed by atoms with Crippen LogP contribution in [0, 0.1) is 6.92 Å². The summed E-state index contributed by atoms with van der Waals surface area (Å²) in [6.45, 7) is 8.40. The highest BCUT2D eigenvalue weighted by molar-refractivity contribution is 7.99. The quantitative estimate of drug-likeness (QED) is 0.594. The van der Waals surface area contributed by atoms with Gasteiger partial charge in [-0.25, -0.2) is 9.97 Å². The molecule has 0 bridgehead atoms. The van der Waals surface area contributed by atoms with Gasteiger partial charge < -0.3 is 0 Å². The molecule has 1 aromatic rings. The Morgan fingerprint density at radius 2 is 2.00 bits per heavy atom. The van der Waals surface area contributed by atoms with Gasteiger partial charge in [-0.3, -0.25) is 0 Å². The van der Waals surface area contributed by atoms with Crippen LogP contribution in [-0.4, -0.2) is 15.2 Å². The first-order chi connectivity index (χ1) is 7.04. The zero-order valence-corrected chi connectivity index (χ0v) is 11.2. The van der Waals surface area contributed by atoms with E-state index in [0.29, 0.717) is 10.4 Å². The molecule has 0 atom stereocenters. The Balaban J connectivity index is 3.01. The first kappa shape index (κ1) is 12.8. The van der Waals surface area contributed by atoms with Crippen LogP contribution in [0.25, 0.3) is 0 Å². The maximum absolute atomic E-state index is 6.07. The van der Waals surface area contributed by atoms with Crippen molar-refractivity contribution < 1.29 is 0 Å². The standard InChI is InChI=1S/C11H17ClN2S/c1-5-6-9-13-10(12)8(4)11(14-9)15-7(2)3/h7H,5-6H2,1-4H3. The zero-order chi connectivity index (χ0) is 11.4. The van der Waals surface area contributed by atoms with Crippen molar-refractivity contribution in [3.05, 3.63) is 16.5 Å². The van der Waals surface area contributed by atoms with Gasteiger partial charge in [0.1, 0.15) is 16.0 Å². The second kappa shape index (κ2) is 5.71. The molecule has 0 saturated heterocycles. The summed E-state index contributed by atoms with van der Waals surface area (Å²) in [5, 5.41) is 2.13.